The van der Waals surface area contributed by atoms with Crippen LogP contribution in [-0.2, 0) is 11.3 Å². The molecule has 0 atom stereocenters. The number of nitrogens with zero attached hydrogens (tertiary/aromatic N) is 5. The Morgan fingerprint density at radius 2 is 1.86 bits per heavy atom. The summed E-state index contributed by atoms with van der Waals surface area (Å²) in [5.74, 6) is 0.0482. The van der Waals surface area contributed by atoms with Gasteiger partial charge in [-0.3, -0.25) is 9.59 Å². The van der Waals surface area contributed by atoms with Crippen molar-refractivity contribution in [2.75, 3.05) is 13.1 Å². The highest BCUT2D eigenvalue weighted by molar-refractivity contribution is 5.82. The van der Waals surface area contributed by atoms with Gasteiger partial charge in [-0.05, 0) is 55.9 Å². The quantitative estimate of drug-likeness (QED) is 0.683. The first kappa shape index (κ1) is 19.4. The van der Waals surface area contributed by atoms with Gasteiger partial charge in [-0.25, -0.2) is 9.36 Å². The van der Waals surface area contributed by atoms with Gasteiger partial charge < -0.3 is 4.90 Å². The van der Waals surface area contributed by atoms with Gasteiger partial charge in [-0.2, -0.15) is 10.2 Å². The minimum atomic E-state index is -0.285. The highest BCUT2D eigenvalue weighted by Crippen LogP contribution is 2.24. The van der Waals surface area contributed by atoms with E-state index in [2.05, 4.69) is 17.1 Å². The zero-order valence-corrected chi connectivity index (χ0v) is 17.5. The second kappa shape index (κ2) is 7.46. The topological polar surface area (TPSA) is 73.0 Å². The highest BCUT2D eigenvalue weighted by Gasteiger charge is 2.23. The lowest BCUT2D eigenvalue weighted by molar-refractivity contribution is -0.131. The molecule has 1 amide bonds. The first-order valence-electron chi connectivity index (χ1n) is 10.2. The Kier molecular flexibility index (Phi) is 4.98. The number of amides is 1. The summed E-state index contributed by atoms with van der Waals surface area (Å²) >= 11 is 0. The average molecular weight is 393 g/mol. The molecule has 4 rings (SSSR count). The van der Waals surface area contributed by atoms with E-state index < -0.39 is 0 Å². The minimum absolute atomic E-state index is 0.0351. The lowest BCUT2D eigenvalue weighted by atomic mass is 10.1. The second-order valence-corrected chi connectivity index (χ2v) is 8.18. The Morgan fingerprint density at radius 3 is 2.52 bits per heavy atom. The van der Waals surface area contributed by atoms with Crippen LogP contribution in [0, 0.1) is 13.8 Å². The van der Waals surface area contributed by atoms with Gasteiger partial charge in [0.25, 0.3) is 5.56 Å². The molecule has 3 heterocycles. The van der Waals surface area contributed by atoms with Crippen molar-refractivity contribution in [3.8, 4) is 5.69 Å². The van der Waals surface area contributed by atoms with Crippen molar-refractivity contribution in [1.82, 2.24) is 24.5 Å². The average Bonchev–Trinajstić information content (AvgIpc) is 3.36. The van der Waals surface area contributed by atoms with E-state index in [0.717, 1.165) is 48.3 Å². The molecule has 152 valence electrons. The van der Waals surface area contributed by atoms with Crippen LogP contribution in [-0.4, -0.2) is 43.5 Å². The smallest absolute Gasteiger partial charge is 0.293 e. The Hall–Kier alpha value is -2.96. The number of benzene rings is 1. The molecule has 7 nitrogen and oxygen atoms in total. The molecule has 2 aromatic heterocycles. The van der Waals surface area contributed by atoms with Crippen LogP contribution in [0.15, 0.2) is 29.2 Å². The number of fused-ring (bicyclic) bond motifs is 1. The summed E-state index contributed by atoms with van der Waals surface area (Å²) in [7, 11) is 0. The van der Waals surface area contributed by atoms with Crippen LogP contribution in [0.2, 0.25) is 0 Å². The number of likely N-dealkylation sites (tertiary alicyclic amines) is 1. The van der Waals surface area contributed by atoms with Crippen molar-refractivity contribution < 1.29 is 4.79 Å². The van der Waals surface area contributed by atoms with E-state index in [4.69, 9.17) is 0 Å². The van der Waals surface area contributed by atoms with E-state index in [9.17, 15) is 9.59 Å². The van der Waals surface area contributed by atoms with Crippen molar-refractivity contribution >= 4 is 16.8 Å². The number of rotatable bonds is 4. The van der Waals surface area contributed by atoms with Crippen molar-refractivity contribution in [3.63, 3.8) is 0 Å². The summed E-state index contributed by atoms with van der Waals surface area (Å²) in [4.78, 5) is 27.8. The number of carbonyl (C=O) groups excluding carboxylic acids is 1. The zero-order chi connectivity index (χ0) is 20.7. The molecule has 0 spiro atoms. The van der Waals surface area contributed by atoms with E-state index in [1.807, 2.05) is 43.9 Å². The van der Waals surface area contributed by atoms with Crippen molar-refractivity contribution in [1.29, 1.82) is 0 Å². The van der Waals surface area contributed by atoms with Gasteiger partial charge >= 0.3 is 0 Å². The number of aromatic nitrogens is 4. The fraction of sp³-hybridized carbons (Fsp3) is 0.455. The van der Waals surface area contributed by atoms with Crippen LogP contribution >= 0.6 is 0 Å². The van der Waals surface area contributed by atoms with Crippen LogP contribution in [0.25, 0.3) is 16.6 Å². The van der Waals surface area contributed by atoms with Crippen LogP contribution in [0.5, 0.6) is 0 Å². The Balaban J connectivity index is 1.87. The normalized spacial score (nSPS) is 14.3. The van der Waals surface area contributed by atoms with Crippen LogP contribution < -0.4 is 5.56 Å². The molecule has 0 saturated carbocycles. The summed E-state index contributed by atoms with van der Waals surface area (Å²) in [6, 6.07) is 6.01. The molecular weight excluding hydrogens is 366 g/mol. The fourth-order valence-corrected chi connectivity index (χ4v) is 3.87. The SMILES string of the molecule is Cc1ccc(-n2ncc3c(C(C)C)nn(CC(=O)N4CCCC4)c(=O)c32)cc1C. The van der Waals surface area contributed by atoms with E-state index in [1.54, 1.807) is 10.9 Å². The third kappa shape index (κ3) is 3.45. The summed E-state index contributed by atoms with van der Waals surface area (Å²) in [6.07, 6.45) is 3.74. The zero-order valence-electron chi connectivity index (χ0n) is 17.5. The maximum Gasteiger partial charge on any atom is 0.293 e. The molecule has 0 bridgehead atoms. The molecule has 1 saturated heterocycles. The highest BCUT2D eigenvalue weighted by atomic mass is 16.2. The lowest BCUT2D eigenvalue weighted by Gasteiger charge is -2.17. The van der Waals surface area contributed by atoms with Gasteiger partial charge in [0.1, 0.15) is 12.1 Å². The Bertz CT molecular complexity index is 1140. The molecule has 1 fully saturated rings. The third-order valence-corrected chi connectivity index (χ3v) is 5.74. The predicted octanol–water partition coefficient (Wildman–Crippen LogP) is 2.94. The first-order valence-corrected chi connectivity index (χ1v) is 10.2. The number of hydrogen-bond acceptors (Lipinski definition) is 4. The predicted molar refractivity (Wildman–Crippen MR) is 113 cm³/mol. The first-order chi connectivity index (χ1) is 13.9. The monoisotopic (exact) mass is 393 g/mol. The molecule has 7 heteroatoms. The summed E-state index contributed by atoms with van der Waals surface area (Å²) < 4.78 is 2.99. The maximum atomic E-state index is 13.3. The Labute approximate surface area is 169 Å². The summed E-state index contributed by atoms with van der Waals surface area (Å²) in [5, 5.41) is 9.80. The summed E-state index contributed by atoms with van der Waals surface area (Å²) in [5.41, 5.74) is 4.12. The van der Waals surface area contributed by atoms with Gasteiger partial charge in [0.15, 0.2) is 0 Å². The van der Waals surface area contributed by atoms with Crippen LogP contribution in [0.3, 0.4) is 0 Å². The van der Waals surface area contributed by atoms with E-state index in [0.29, 0.717) is 5.52 Å². The summed E-state index contributed by atoms with van der Waals surface area (Å²) in [6.45, 7) is 9.64. The van der Waals surface area contributed by atoms with Crippen LogP contribution in [0.4, 0.5) is 0 Å². The number of aryl methyl sites for hydroxylation is 2. The molecule has 0 N–H and O–H groups in total. The molecule has 0 aliphatic carbocycles. The minimum Gasteiger partial charge on any atom is -0.341 e. The molecule has 0 unspecified atom stereocenters. The van der Waals surface area contributed by atoms with Crippen molar-refractivity contribution in [3.05, 3.63) is 51.6 Å². The Morgan fingerprint density at radius 1 is 1.14 bits per heavy atom. The molecule has 3 aromatic rings. The lowest BCUT2D eigenvalue weighted by Crippen LogP contribution is -2.36. The number of hydrogen-bond donors (Lipinski definition) is 0. The molecule has 0 radical (unpaired) electrons. The van der Waals surface area contributed by atoms with Gasteiger partial charge in [-0.1, -0.05) is 19.9 Å². The van der Waals surface area contributed by atoms with Gasteiger partial charge in [0.2, 0.25) is 5.91 Å². The van der Waals surface area contributed by atoms with Crippen molar-refractivity contribution in [2.45, 2.75) is 53.0 Å². The van der Waals surface area contributed by atoms with Crippen LogP contribution in [0.1, 0.15) is 49.4 Å². The van der Waals surface area contributed by atoms with E-state index in [-0.39, 0.29) is 23.9 Å². The molecule has 1 aliphatic rings. The molecular formula is C22H27N5O2. The number of carbonyl (C=O) groups is 1. The maximum absolute atomic E-state index is 13.3. The third-order valence-electron chi connectivity index (χ3n) is 5.74. The fourth-order valence-electron chi connectivity index (χ4n) is 3.87. The standard InChI is InChI=1S/C22H27N5O2/c1-14(2)20-18-12-23-27(17-8-7-15(3)16(4)11-17)21(18)22(29)26(24-20)13-19(28)25-9-5-6-10-25/h7-8,11-12,14H,5-6,9-10,13H2,1-4H3. The van der Waals surface area contributed by atoms with Gasteiger partial charge in [0.05, 0.1) is 17.6 Å². The van der Waals surface area contributed by atoms with Gasteiger partial charge in [-0.15, -0.1) is 0 Å². The molecule has 1 aliphatic heterocycles. The molecule has 1 aromatic carbocycles. The van der Waals surface area contributed by atoms with E-state index in [1.165, 1.54) is 10.2 Å². The molecule has 29 heavy (non-hydrogen) atoms. The van der Waals surface area contributed by atoms with Crippen molar-refractivity contribution in [2.24, 2.45) is 0 Å². The largest absolute Gasteiger partial charge is 0.341 e. The van der Waals surface area contributed by atoms with Gasteiger partial charge in [0, 0.05) is 18.5 Å². The van der Waals surface area contributed by atoms with E-state index >= 15 is 0 Å². The second-order valence-electron chi connectivity index (χ2n) is 8.18.